The molecule has 0 saturated heterocycles. The summed E-state index contributed by atoms with van der Waals surface area (Å²) in [7, 11) is 0. The maximum Gasteiger partial charge on any atom is 0.573 e. The number of para-hydroxylation sites is 1. The van der Waals surface area contributed by atoms with Gasteiger partial charge in [-0.1, -0.05) is 18.2 Å². The third-order valence-corrected chi connectivity index (χ3v) is 3.74. The summed E-state index contributed by atoms with van der Waals surface area (Å²) in [5.41, 5.74) is 0.568. The summed E-state index contributed by atoms with van der Waals surface area (Å²) in [6.07, 6.45) is 0.292. The van der Waals surface area contributed by atoms with E-state index < -0.39 is 6.36 Å². The molecule has 0 bridgehead atoms. The van der Waals surface area contributed by atoms with Crippen LogP contribution < -0.4 is 4.74 Å². The average molecular weight is 294 g/mol. The first-order chi connectivity index (χ1) is 10.0. The lowest BCUT2D eigenvalue weighted by atomic mass is 9.69. The second kappa shape index (κ2) is 5.35. The molecule has 1 aromatic carbocycles. The van der Waals surface area contributed by atoms with Crippen molar-refractivity contribution >= 4 is 0 Å². The van der Waals surface area contributed by atoms with E-state index in [0.29, 0.717) is 11.4 Å². The van der Waals surface area contributed by atoms with Crippen LogP contribution >= 0.6 is 0 Å². The molecule has 21 heavy (non-hydrogen) atoms. The van der Waals surface area contributed by atoms with Crippen molar-refractivity contribution in [2.24, 2.45) is 0 Å². The molecule has 1 fully saturated rings. The number of ether oxygens (including phenoxy) is 1. The highest BCUT2D eigenvalue weighted by Crippen LogP contribution is 2.50. The van der Waals surface area contributed by atoms with Gasteiger partial charge in [0.25, 0.3) is 0 Å². The first-order valence-corrected chi connectivity index (χ1v) is 6.66. The Kier molecular flexibility index (Phi) is 3.53. The highest BCUT2D eigenvalue weighted by molar-refractivity contribution is 5.39. The lowest BCUT2D eigenvalue weighted by Crippen LogP contribution is -2.25. The van der Waals surface area contributed by atoms with Crippen LogP contribution in [0.3, 0.4) is 0 Å². The van der Waals surface area contributed by atoms with Gasteiger partial charge in [0.1, 0.15) is 11.6 Å². The maximum absolute atomic E-state index is 12.5. The molecule has 0 N–H and O–H groups in total. The van der Waals surface area contributed by atoms with E-state index in [9.17, 15) is 13.2 Å². The van der Waals surface area contributed by atoms with Gasteiger partial charge in [0.15, 0.2) is 0 Å². The lowest BCUT2D eigenvalue weighted by Gasteiger charge is -2.36. The SMILES string of the molecule is FC(F)(F)Oc1ccccc1C1CCC1c1ncccn1. The largest absolute Gasteiger partial charge is 0.573 e. The van der Waals surface area contributed by atoms with Crippen LogP contribution in [0.2, 0.25) is 0 Å². The van der Waals surface area contributed by atoms with Crippen LogP contribution in [-0.2, 0) is 0 Å². The molecule has 0 radical (unpaired) electrons. The standard InChI is InChI=1S/C15H13F3N2O/c16-15(17,18)21-13-5-2-1-4-11(13)10-6-7-12(10)14-19-8-3-9-20-14/h1-5,8-10,12H,6-7H2. The number of benzene rings is 1. The topological polar surface area (TPSA) is 35.0 Å². The zero-order valence-corrected chi connectivity index (χ0v) is 11.0. The summed E-state index contributed by atoms with van der Waals surface area (Å²) in [5, 5.41) is 0. The quantitative estimate of drug-likeness (QED) is 0.857. The van der Waals surface area contributed by atoms with E-state index in [1.807, 2.05) is 0 Å². The third-order valence-electron chi connectivity index (χ3n) is 3.74. The Morgan fingerprint density at radius 2 is 1.62 bits per heavy atom. The summed E-state index contributed by atoms with van der Waals surface area (Å²) >= 11 is 0. The Morgan fingerprint density at radius 1 is 0.952 bits per heavy atom. The molecule has 1 aliphatic rings. The predicted molar refractivity (Wildman–Crippen MR) is 69.9 cm³/mol. The Balaban J connectivity index is 1.87. The summed E-state index contributed by atoms with van der Waals surface area (Å²) in [6, 6.07) is 8.01. The first-order valence-electron chi connectivity index (χ1n) is 6.66. The normalized spacial score (nSPS) is 21.7. The minimum absolute atomic E-state index is 0.0362. The van der Waals surface area contributed by atoms with E-state index in [0.717, 1.165) is 12.8 Å². The molecule has 2 unspecified atom stereocenters. The van der Waals surface area contributed by atoms with Crippen molar-refractivity contribution in [2.45, 2.75) is 31.0 Å². The van der Waals surface area contributed by atoms with Crippen LogP contribution in [0.15, 0.2) is 42.7 Å². The molecule has 0 aliphatic heterocycles. The monoisotopic (exact) mass is 294 g/mol. The predicted octanol–water partition coefficient (Wildman–Crippen LogP) is 4.04. The van der Waals surface area contributed by atoms with Gasteiger partial charge in [0.2, 0.25) is 0 Å². The molecule has 1 saturated carbocycles. The molecule has 3 rings (SSSR count). The van der Waals surface area contributed by atoms with E-state index in [1.165, 1.54) is 12.1 Å². The summed E-state index contributed by atoms with van der Waals surface area (Å²) in [5.74, 6) is 0.557. The molecule has 110 valence electrons. The molecule has 2 atom stereocenters. The molecule has 1 aromatic heterocycles. The van der Waals surface area contributed by atoms with Gasteiger partial charge in [-0.3, -0.25) is 0 Å². The molecule has 1 aliphatic carbocycles. The molecule has 3 nitrogen and oxygen atoms in total. The number of hydrogen-bond donors (Lipinski definition) is 0. The minimum atomic E-state index is -4.68. The van der Waals surface area contributed by atoms with Gasteiger partial charge < -0.3 is 4.74 Å². The van der Waals surface area contributed by atoms with Gasteiger partial charge in [-0.05, 0) is 36.5 Å². The molecule has 0 amide bonds. The Hall–Kier alpha value is -2.11. The van der Waals surface area contributed by atoms with Crippen LogP contribution in [0.25, 0.3) is 0 Å². The van der Waals surface area contributed by atoms with Gasteiger partial charge in [0, 0.05) is 18.3 Å². The molecule has 2 aromatic rings. The maximum atomic E-state index is 12.5. The van der Waals surface area contributed by atoms with Crippen molar-refractivity contribution in [1.82, 2.24) is 9.97 Å². The molecular formula is C15H13F3N2O. The minimum Gasteiger partial charge on any atom is -0.405 e. The number of halogens is 3. The fraction of sp³-hybridized carbons (Fsp3) is 0.333. The van der Waals surface area contributed by atoms with Gasteiger partial charge >= 0.3 is 6.36 Å². The van der Waals surface area contributed by atoms with Crippen molar-refractivity contribution < 1.29 is 17.9 Å². The number of nitrogens with zero attached hydrogens (tertiary/aromatic N) is 2. The van der Waals surface area contributed by atoms with Crippen molar-refractivity contribution in [2.75, 3.05) is 0 Å². The van der Waals surface area contributed by atoms with Crippen LogP contribution in [0.4, 0.5) is 13.2 Å². The highest BCUT2D eigenvalue weighted by Gasteiger charge is 2.39. The lowest BCUT2D eigenvalue weighted by molar-refractivity contribution is -0.275. The van der Waals surface area contributed by atoms with E-state index in [1.54, 1.807) is 30.6 Å². The Labute approximate surface area is 119 Å². The summed E-state index contributed by atoms with van der Waals surface area (Å²) in [6.45, 7) is 0. The van der Waals surface area contributed by atoms with Gasteiger partial charge in [-0.15, -0.1) is 13.2 Å². The second-order valence-electron chi connectivity index (χ2n) is 4.98. The van der Waals surface area contributed by atoms with E-state index in [4.69, 9.17) is 0 Å². The van der Waals surface area contributed by atoms with Crippen molar-refractivity contribution in [3.63, 3.8) is 0 Å². The fourth-order valence-electron chi connectivity index (χ4n) is 2.69. The van der Waals surface area contributed by atoms with Crippen molar-refractivity contribution in [1.29, 1.82) is 0 Å². The third kappa shape index (κ3) is 2.99. The van der Waals surface area contributed by atoms with Gasteiger partial charge in [-0.2, -0.15) is 0 Å². The highest BCUT2D eigenvalue weighted by atomic mass is 19.4. The van der Waals surface area contributed by atoms with Crippen LogP contribution in [0.5, 0.6) is 5.75 Å². The van der Waals surface area contributed by atoms with Crippen LogP contribution in [-0.4, -0.2) is 16.3 Å². The number of alkyl halides is 3. The molecular weight excluding hydrogens is 281 g/mol. The van der Waals surface area contributed by atoms with Crippen LogP contribution in [0, 0.1) is 0 Å². The smallest absolute Gasteiger partial charge is 0.405 e. The van der Waals surface area contributed by atoms with E-state index >= 15 is 0 Å². The zero-order valence-electron chi connectivity index (χ0n) is 11.0. The van der Waals surface area contributed by atoms with E-state index in [2.05, 4.69) is 14.7 Å². The number of hydrogen-bond acceptors (Lipinski definition) is 3. The second-order valence-corrected chi connectivity index (χ2v) is 4.98. The average Bonchev–Trinajstić information content (AvgIpc) is 2.39. The van der Waals surface area contributed by atoms with Crippen LogP contribution in [0.1, 0.15) is 36.1 Å². The Bertz CT molecular complexity index is 616. The zero-order chi connectivity index (χ0) is 14.9. The summed E-state index contributed by atoms with van der Waals surface area (Å²) < 4.78 is 41.6. The number of aromatic nitrogens is 2. The van der Waals surface area contributed by atoms with Crippen molar-refractivity contribution in [3.8, 4) is 5.75 Å². The number of rotatable bonds is 3. The van der Waals surface area contributed by atoms with Crippen molar-refractivity contribution in [3.05, 3.63) is 54.1 Å². The first kappa shape index (κ1) is 13.9. The molecule has 6 heteroatoms. The van der Waals surface area contributed by atoms with Gasteiger partial charge in [-0.25, -0.2) is 9.97 Å². The fourth-order valence-corrected chi connectivity index (χ4v) is 2.69. The van der Waals surface area contributed by atoms with Gasteiger partial charge in [0.05, 0.1) is 0 Å². The molecule has 0 spiro atoms. The Morgan fingerprint density at radius 3 is 2.24 bits per heavy atom. The summed E-state index contributed by atoms with van der Waals surface area (Å²) in [4.78, 5) is 8.41. The van der Waals surface area contributed by atoms with E-state index in [-0.39, 0.29) is 17.6 Å². The molecule has 1 heterocycles.